The van der Waals surface area contributed by atoms with Crippen molar-refractivity contribution < 1.29 is 14.3 Å². The number of piperidine rings is 1. The molecule has 2 aromatic rings. The first-order valence-electron chi connectivity index (χ1n) is 10.3. The first kappa shape index (κ1) is 22.2. The van der Waals surface area contributed by atoms with Crippen LogP contribution >= 0.6 is 0 Å². The Balaban J connectivity index is 1.51. The molecule has 1 fully saturated rings. The lowest BCUT2D eigenvalue weighted by atomic mass is 10.0. The van der Waals surface area contributed by atoms with Crippen LogP contribution in [0.2, 0.25) is 0 Å². The normalized spacial score (nSPS) is 15.1. The topological polar surface area (TPSA) is 86.6 Å². The van der Waals surface area contributed by atoms with Crippen LogP contribution in [0.4, 0.5) is 5.69 Å². The van der Waals surface area contributed by atoms with Crippen molar-refractivity contribution in [2.24, 2.45) is 0 Å². The summed E-state index contributed by atoms with van der Waals surface area (Å²) in [7, 11) is 3.07. The highest BCUT2D eigenvalue weighted by Gasteiger charge is 2.19. The Labute approximate surface area is 183 Å². The summed E-state index contributed by atoms with van der Waals surface area (Å²) < 4.78 is 10.4. The molecule has 162 valence electrons. The Morgan fingerprint density at radius 2 is 1.84 bits per heavy atom. The molecule has 1 aliphatic heterocycles. The molecule has 7 nitrogen and oxygen atoms in total. The minimum Gasteiger partial charge on any atom is -0.493 e. The zero-order valence-electron chi connectivity index (χ0n) is 17.9. The number of rotatable bonds is 8. The van der Waals surface area contributed by atoms with Crippen LogP contribution in [0.5, 0.6) is 11.5 Å². The van der Waals surface area contributed by atoms with Gasteiger partial charge in [0.2, 0.25) is 0 Å². The molecule has 0 unspecified atom stereocenters. The van der Waals surface area contributed by atoms with Gasteiger partial charge in [-0.1, -0.05) is 30.3 Å². The summed E-state index contributed by atoms with van der Waals surface area (Å²) in [6, 6.07) is 17.7. The third-order valence-electron chi connectivity index (χ3n) is 5.31. The second-order valence-electron chi connectivity index (χ2n) is 7.40. The lowest BCUT2D eigenvalue weighted by Gasteiger charge is -2.32. The predicted molar refractivity (Wildman–Crippen MR) is 120 cm³/mol. The summed E-state index contributed by atoms with van der Waals surface area (Å²) in [5, 5.41) is 15.4. The summed E-state index contributed by atoms with van der Waals surface area (Å²) in [5.74, 6) is 0.601. The maximum absolute atomic E-state index is 12.5. The van der Waals surface area contributed by atoms with Crippen LogP contribution in [-0.4, -0.2) is 44.2 Å². The Kier molecular flexibility index (Phi) is 7.91. The molecule has 0 bridgehead atoms. The fourth-order valence-corrected chi connectivity index (χ4v) is 3.56. The minimum absolute atomic E-state index is 0.0292. The van der Waals surface area contributed by atoms with Crippen LogP contribution in [0.15, 0.2) is 60.3 Å². The fourth-order valence-electron chi connectivity index (χ4n) is 3.56. The van der Waals surface area contributed by atoms with E-state index >= 15 is 0 Å². The maximum atomic E-state index is 12.5. The molecule has 0 radical (unpaired) electrons. The van der Waals surface area contributed by atoms with Gasteiger partial charge in [0.15, 0.2) is 11.5 Å². The number of anilines is 1. The molecule has 2 aromatic carbocycles. The van der Waals surface area contributed by atoms with Crippen molar-refractivity contribution in [1.82, 2.24) is 10.2 Å². The van der Waals surface area contributed by atoms with Crippen molar-refractivity contribution in [2.45, 2.75) is 25.4 Å². The monoisotopic (exact) mass is 420 g/mol. The molecular formula is C24H28N4O3. The molecule has 0 spiro atoms. The quantitative estimate of drug-likeness (QED) is 0.503. The lowest BCUT2D eigenvalue weighted by Crippen LogP contribution is -2.40. The summed E-state index contributed by atoms with van der Waals surface area (Å²) in [6.07, 6.45) is 3.44. The number of hydrogen-bond acceptors (Lipinski definition) is 6. The molecule has 31 heavy (non-hydrogen) atoms. The molecule has 7 heteroatoms. The van der Waals surface area contributed by atoms with E-state index in [4.69, 9.17) is 9.47 Å². The van der Waals surface area contributed by atoms with Crippen molar-refractivity contribution in [3.05, 3.63) is 65.9 Å². The number of ether oxygens (including phenoxy) is 2. The van der Waals surface area contributed by atoms with Gasteiger partial charge in [-0.2, -0.15) is 5.26 Å². The molecular weight excluding hydrogens is 392 g/mol. The Hall–Kier alpha value is -3.50. The van der Waals surface area contributed by atoms with Crippen LogP contribution in [-0.2, 0) is 11.3 Å². The van der Waals surface area contributed by atoms with Gasteiger partial charge in [0, 0.05) is 43.6 Å². The fraction of sp³-hybridized carbons (Fsp3) is 0.333. The molecule has 0 saturated carbocycles. The van der Waals surface area contributed by atoms with Gasteiger partial charge in [0.05, 0.1) is 14.2 Å². The number of carbonyl (C=O) groups is 1. The average Bonchev–Trinajstić information content (AvgIpc) is 2.81. The number of likely N-dealkylation sites (tertiary alicyclic amines) is 1. The number of nitriles is 1. The number of nitrogens with one attached hydrogen (secondary N) is 2. The summed E-state index contributed by atoms with van der Waals surface area (Å²) in [5.41, 5.74) is 1.87. The third-order valence-corrected chi connectivity index (χ3v) is 5.31. The van der Waals surface area contributed by atoms with Crippen LogP contribution < -0.4 is 20.1 Å². The van der Waals surface area contributed by atoms with Gasteiger partial charge in [0.25, 0.3) is 5.91 Å². The minimum atomic E-state index is -0.469. The molecule has 1 heterocycles. The zero-order valence-corrected chi connectivity index (χ0v) is 17.9. The SMILES string of the molecule is COc1ccc(NC(=O)/C(C#N)=C\NC2CCN(Cc3ccccc3)CC2)cc1OC. The molecule has 2 N–H and O–H groups in total. The van der Waals surface area contributed by atoms with Crippen LogP contribution in [0.25, 0.3) is 0 Å². The number of amides is 1. The molecule has 1 saturated heterocycles. The van der Waals surface area contributed by atoms with E-state index in [1.165, 1.54) is 18.9 Å². The van der Waals surface area contributed by atoms with Crippen molar-refractivity contribution >= 4 is 11.6 Å². The van der Waals surface area contributed by atoms with E-state index in [9.17, 15) is 10.1 Å². The Bertz CT molecular complexity index is 945. The van der Waals surface area contributed by atoms with Crippen LogP contribution in [0.3, 0.4) is 0 Å². The van der Waals surface area contributed by atoms with Gasteiger partial charge in [-0.15, -0.1) is 0 Å². The first-order valence-corrected chi connectivity index (χ1v) is 10.3. The van der Waals surface area contributed by atoms with Gasteiger partial charge in [-0.3, -0.25) is 9.69 Å². The van der Waals surface area contributed by atoms with Crippen molar-refractivity contribution in [3.63, 3.8) is 0 Å². The lowest BCUT2D eigenvalue weighted by molar-refractivity contribution is -0.112. The average molecular weight is 421 g/mol. The maximum Gasteiger partial charge on any atom is 0.267 e. The standard InChI is InChI=1S/C24H28N4O3/c1-30-22-9-8-21(14-23(22)31-2)27-24(29)19(15-25)16-26-20-10-12-28(13-11-20)17-18-6-4-3-5-7-18/h3-9,14,16,20,26H,10-13,17H2,1-2H3,(H,27,29)/b19-16-. The molecule has 3 rings (SSSR count). The highest BCUT2D eigenvalue weighted by Crippen LogP contribution is 2.29. The third kappa shape index (κ3) is 6.24. The van der Waals surface area contributed by atoms with Gasteiger partial charge in [-0.25, -0.2) is 0 Å². The van der Waals surface area contributed by atoms with Gasteiger partial charge >= 0.3 is 0 Å². The van der Waals surface area contributed by atoms with Gasteiger partial charge in [0.1, 0.15) is 11.6 Å². The molecule has 0 aromatic heterocycles. The van der Waals surface area contributed by atoms with Gasteiger partial charge < -0.3 is 20.1 Å². The zero-order chi connectivity index (χ0) is 22.1. The van der Waals surface area contributed by atoms with E-state index in [2.05, 4.69) is 39.8 Å². The van der Waals surface area contributed by atoms with Crippen molar-refractivity contribution in [3.8, 4) is 17.6 Å². The van der Waals surface area contributed by atoms with Crippen molar-refractivity contribution in [2.75, 3.05) is 32.6 Å². The number of nitrogens with zero attached hydrogens (tertiary/aromatic N) is 2. The Morgan fingerprint density at radius 1 is 1.13 bits per heavy atom. The van der Waals surface area contributed by atoms with Gasteiger partial charge in [-0.05, 0) is 30.5 Å². The smallest absolute Gasteiger partial charge is 0.267 e. The number of benzene rings is 2. The van der Waals surface area contributed by atoms with Crippen molar-refractivity contribution in [1.29, 1.82) is 5.26 Å². The van der Waals surface area contributed by atoms with E-state index < -0.39 is 5.91 Å². The van der Waals surface area contributed by atoms with E-state index in [1.807, 2.05) is 12.1 Å². The largest absolute Gasteiger partial charge is 0.493 e. The molecule has 1 amide bonds. The first-order chi connectivity index (χ1) is 15.1. The van der Waals surface area contributed by atoms with E-state index in [-0.39, 0.29) is 11.6 Å². The van der Waals surface area contributed by atoms with Crippen LogP contribution in [0.1, 0.15) is 18.4 Å². The van der Waals surface area contributed by atoms with E-state index in [0.29, 0.717) is 17.2 Å². The summed E-state index contributed by atoms with van der Waals surface area (Å²) >= 11 is 0. The summed E-state index contributed by atoms with van der Waals surface area (Å²) in [6.45, 7) is 2.89. The number of carbonyl (C=O) groups excluding carboxylic acids is 1. The second kappa shape index (κ2) is 11.0. The molecule has 0 atom stereocenters. The highest BCUT2D eigenvalue weighted by atomic mass is 16.5. The van der Waals surface area contributed by atoms with E-state index in [0.717, 1.165) is 32.5 Å². The Morgan fingerprint density at radius 3 is 2.48 bits per heavy atom. The highest BCUT2D eigenvalue weighted by molar-refractivity contribution is 6.06. The predicted octanol–water partition coefficient (Wildman–Crippen LogP) is 3.30. The number of hydrogen-bond donors (Lipinski definition) is 2. The second-order valence-corrected chi connectivity index (χ2v) is 7.40. The molecule has 1 aliphatic rings. The summed E-state index contributed by atoms with van der Waals surface area (Å²) in [4.78, 5) is 14.9. The molecule has 0 aliphatic carbocycles. The number of methoxy groups -OCH3 is 2. The van der Waals surface area contributed by atoms with E-state index in [1.54, 1.807) is 25.3 Å². The van der Waals surface area contributed by atoms with Crippen LogP contribution in [0, 0.1) is 11.3 Å².